The van der Waals surface area contributed by atoms with Crippen LogP contribution in [0.2, 0.25) is 5.02 Å². The molecule has 144 valence electrons. The van der Waals surface area contributed by atoms with Gasteiger partial charge in [-0.25, -0.2) is 0 Å². The van der Waals surface area contributed by atoms with Crippen LogP contribution in [-0.2, 0) is 11.2 Å². The quantitative estimate of drug-likeness (QED) is 0.750. The largest absolute Gasteiger partial charge is 0.484 e. The first-order valence-electron chi connectivity index (χ1n) is 9.60. The zero-order valence-corrected chi connectivity index (χ0v) is 16.3. The number of amides is 1. The topological polar surface area (TPSA) is 41.6 Å². The summed E-state index contributed by atoms with van der Waals surface area (Å²) >= 11 is 5.83. The maximum atomic E-state index is 12.0. The van der Waals surface area contributed by atoms with Crippen LogP contribution in [0.1, 0.15) is 18.4 Å². The molecule has 0 aromatic heterocycles. The summed E-state index contributed by atoms with van der Waals surface area (Å²) in [4.78, 5) is 14.5. The Morgan fingerprint density at radius 3 is 2.48 bits per heavy atom. The molecule has 2 aromatic carbocycles. The second kappa shape index (κ2) is 10.3. The molecule has 5 heteroatoms. The van der Waals surface area contributed by atoms with Crippen molar-refractivity contribution in [1.29, 1.82) is 0 Å². The third-order valence-electron chi connectivity index (χ3n) is 5.04. The van der Waals surface area contributed by atoms with Crippen LogP contribution < -0.4 is 10.1 Å². The Labute approximate surface area is 166 Å². The Hall–Kier alpha value is -2.04. The van der Waals surface area contributed by atoms with Gasteiger partial charge in [-0.05, 0) is 68.1 Å². The highest BCUT2D eigenvalue weighted by atomic mass is 35.5. The number of piperidine rings is 1. The van der Waals surface area contributed by atoms with Crippen LogP contribution in [0.5, 0.6) is 5.75 Å². The summed E-state index contributed by atoms with van der Waals surface area (Å²) < 4.78 is 5.47. The fourth-order valence-corrected chi connectivity index (χ4v) is 3.46. The third-order valence-corrected chi connectivity index (χ3v) is 5.29. The zero-order valence-electron chi connectivity index (χ0n) is 15.6. The van der Waals surface area contributed by atoms with Crippen LogP contribution in [0.3, 0.4) is 0 Å². The van der Waals surface area contributed by atoms with E-state index in [4.69, 9.17) is 16.3 Å². The molecule has 4 nitrogen and oxygen atoms in total. The monoisotopic (exact) mass is 386 g/mol. The number of nitrogens with zero attached hydrogens (tertiary/aromatic N) is 1. The van der Waals surface area contributed by atoms with E-state index < -0.39 is 0 Å². The van der Waals surface area contributed by atoms with Gasteiger partial charge in [0.1, 0.15) is 5.75 Å². The number of nitrogens with one attached hydrogen (secondary N) is 1. The van der Waals surface area contributed by atoms with Crippen molar-refractivity contribution in [2.45, 2.75) is 19.3 Å². The van der Waals surface area contributed by atoms with Crippen LogP contribution >= 0.6 is 11.6 Å². The average molecular weight is 387 g/mol. The number of likely N-dealkylation sites (tertiary alicyclic amines) is 1. The minimum Gasteiger partial charge on any atom is -0.484 e. The average Bonchev–Trinajstić information content (AvgIpc) is 2.72. The molecule has 1 amide bonds. The lowest BCUT2D eigenvalue weighted by Crippen LogP contribution is -2.40. The van der Waals surface area contributed by atoms with E-state index in [1.54, 1.807) is 24.3 Å². The van der Waals surface area contributed by atoms with Crippen molar-refractivity contribution < 1.29 is 9.53 Å². The van der Waals surface area contributed by atoms with Gasteiger partial charge in [0.25, 0.3) is 5.91 Å². The van der Waals surface area contributed by atoms with Crippen LogP contribution in [0, 0.1) is 5.92 Å². The van der Waals surface area contributed by atoms with Gasteiger partial charge in [-0.1, -0.05) is 41.9 Å². The van der Waals surface area contributed by atoms with Crippen LogP contribution in [0.15, 0.2) is 54.6 Å². The van der Waals surface area contributed by atoms with Gasteiger partial charge in [0, 0.05) is 18.1 Å². The van der Waals surface area contributed by atoms with E-state index in [9.17, 15) is 4.79 Å². The SMILES string of the molecule is O=C(COc1ccc(Cl)cc1)NCC1CCN(CCc2ccccc2)CC1. The number of benzene rings is 2. The molecular weight excluding hydrogens is 360 g/mol. The number of ether oxygens (including phenoxy) is 1. The molecule has 0 radical (unpaired) electrons. The highest BCUT2D eigenvalue weighted by Crippen LogP contribution is 2.17. The summed E-state index contributed by atoms with van der Waals surface area (Å²) in [6.07, 6.45) is 3.37. The predicted molar refractivity (Wildman–Crippen MR) is 109 cm³/mol. The van der Waals surface area contributed by atoms with Crippen molar-refractivity contribution in [2.24, 2.45) is 5.92 Å². The van der Waals surface area contributed by atoms with Gasteiger partial charge in [-0.15, -0.1) is 0 Å². The van der Waals surface area contributed by atoms with Gasteiger partial charge in [-0.2, -0.15) is 0 Å². The van der Waals surface area contributed by atoms with Gasteiger partial charge in [0.15, 0.2) is 6.61 Å². The summed E-state index contributed by atoms with van der Waals surface area (Å²) in [5.74, 6) is 1.13. The van der Waals surface area contributed by atoms with Gasteiger partial charge in [0.05, 0.1) is 0 Å². The van der Waals surface area contributed by atoms with E-state index in [1.165, 1.54) is 5.56 Å². The maximum Gasteiger partial charge on any atom is 0.257 e. The van der Waals surface area contributed by atoms with Gasteiger partial charge >= 0.3 is 0 Å². The van der Waals surface area contributed by atoms with Gasteiger partial charge in [-0.3, -0.25) is 4.79 Å². The lowest BCUT2D eigenvalue weighted by molar-refractivity contribution is -0.123. The molecule has 27 heavy (non-hydrogen) atoms. The number of hydrogen-bond donors (Lipinski definition) is 1. The zero-order chi connectivity index (χ0) is 18.9. The van der Waals surface area contributed by atoms with Crippen molar-refractivity contribution in [3.05, 3.63) is 65.2 Å². The van der Waals surface area contributed by atoms with E-state index in [1.807, 2.05) is 0 Å². The summed E-state index contributed by atoms with van der Waals surface area (Å²) in [6.45, 7) is 4.09. The molecule has 2 aromatic rings. The van der Waals surface area contributed by atoms with Gasteiger partial charge < -0.3 is 15.0 Å². The fraction of sp³-hybridized carbons (Fsp3) is 0.409. The standard InChI is InChI=1S/C22H27ClN2O2/c23-20-6-8-21(9-7-20)27-17-22(26)24-16-19-11-14-25(15-12-19)13-10-18-4-2-1-3-5-18/h1-9,19H,10-17H2,(H,24,26). The molecule has 1 aliphatic rings. The molecule has 0 saturated carbocycles. The highest BCUT2D eigenvalue weighted by Gasteiger charge is 2.19. The first-order chi connectivity index (χ1) is 13.2. The third kappa shape index (κ3) is 6.89. The molecule has 1 saturated heterocycles. The molecule has 0 spiro atoms. The summed E-state index contributed by atoms with van der Waals surface area (Å²) in [7, 11) is 0. The van der Waals surface area contributed by atoms with E-state index in [2.05, 4.69) is 40.5 Å². The molecule has 0 bridgehead atoms. The minimum absolute atomic E-state index is 0.0392. The number of rotatable bonds is 8. The first kappa shape index (κ1) is 19.7. The highest BCUT2D eigenvalue weighted by molar-refractivity contribution is 6.30. The van der Waals surface area contributed by atoms with E-state index in [0.717, 1.165) is 45.4 Å². The maximum absolute atomic E-state index is 12.0. The lowest BCUT2D eigenvalue weighted by atomic mass is 9.96. The van der Waals surface area contributed by atoms with E-state index in [-0.39, 0.29) is 12.5 Å². The minimum atomic E-state index is -0.0727. The normalized spacial score (nSPS) is 15.4. The van der Waals surface area contributed by atoms with Gasteiger partial charge in [0.2, 0.25) is 0 Å². The molecule has 1 aliphatic heterocycles. The number of halogens is 1. The van der Waals surface area contributed by atoms with Crippen molar-refractivity contribution in [3.63, 3.8) is 0 Å². The number of hydrogen-bond acceptors (Lipinski definition) is 3. The van der Waals surface area contributed by atoms with Crippen molar-refractivity contribution in [1.82, 2.24) is 10.2 Å². The Bertz CT molecular complexity index is 698. The molecule has 0 atom stereocenters. The Balaban J connectivity index is 1.28. The molecule has 1 heterocycles. The van der Waals surface area contributed by atoms with Crippen LogP contribution in [0.25, 0.3) is 0 Å². The summed E-state index contributed by atoms with van der Waals surface area (Å²) in [5.41, 5.74) is 1.40. The smallest absolute Gasteiger partial charge is 0.257 e. The molecule has 1 fully saturated rings. The lowest BCUT2D eigenvalue weighted by Gasteiger charge is -2.32. The van der Waals surface area contributed by atoms with E-state index >= 15 is 0 Å². The molecule has 0 aliphatic carbocycles. The molecule has 1 N–H and O–H groups in total. The Kier molecular flexibility index (Phi) is 7.55. The van der Waals surface area contributed by atoms with Crippen LogP contribution in [-0.4, -0.2) is 43.6 Å². The second-order valence-corrected chi connectivity index (χ2v) is 7.50. The fourth-order valence-electron chi connectivity index (χ4n) is 3.33. The number of carbonyl (C=O) groups excluding carboxylic acids is 1. The van der Waals surface area contributed by atoms with E-state index in [0.29, 0.717) is 16.7 Å². The second-order valence-electron chi connectivity index (χ2n) is 7.07. The van der Waals surface area contributed by atoms with Crippen LogP contribution in [0.4, 0.5) is 0 Å². The summed E-state index contributed by atoms with van der Waals surface area (Å²) in [5, 5.41) is 3.65. The summed E-state index contributed by atoms with van der Waals surface area (Å²) in [6, 6.07) is 17.7. The number of carbonyl (C=O) groups is 1. The van der Waals surface area contributed by atoms with Crippen molar-refractivity contribution in [2.75, 3.05) is 32.8 Å². The molecule has 0 unspecified atom stereocenters. The Morgan fingerprint density at radius 1 is 1.07 bits per heavy atom. The van der Waals surface area contributed by atoms with Crippen molar-refractivity contribution in [3.8, 4) is 5.75 Å². The molecular formula is C22H27ClN2O2. The molecule has 3 rings (SSSR count). The first-order valence-corrected chi connectivity index (χ1v) is 9.98. The van der Waals surface area contributed by atoms with Crippen molar-refractivity contribution >= 4 is 17.5 Å². The Morgan fingerprint density at radius 2 is 1.78 bits per heavy atom. The predicted octanol–water partition coefficient (Wildman–Crippen LogP) is 3.79.